The van der Waals surface area contributed by atoms with Crippen molar-refractivity contribution in [2.45, 2.75) is 19.0 Å². The Morgan fingerprint density at radius 3 is 3.00 bits per heavy atom. The van der Waals surface area contributed by atoms with Gasteiger partial charge in [0.2, 0.25) is 0 Å². The first-order valence-electron chi connectivity index (χ1n) is 5.30. The fourth-order valence-corrected chi connectivity index (χ4v) is 2.80. The zero-order valence-electron chi connectivity index (χ0n) is 8.39. The lowest BCUT2D eigenvalue weighted by Gasteiger charge is -2.13. The van der Waals surface area contributed by atoms with Crippen molar-refractivity contribution >= 4 is 5.97 Å². The van der Waals surface area contributed by atoms with Crippen molar-refractivity contribution in [2.24, 2.45) is 5.92 Å². The molecule has 0 aromatic heterocycles. The number of hydrogen-bond acceptors (Lipinski definition) is 2. The van der Waals surface area contributed by atoms with Crippen LogP contribution in [0.2, 0.25) is 0 Å². The highest BCUT2D eigenvalue weighted by atomic mass is 16.4. The molecule has 0 bridgehead atoms. The van der Waals surface area contributed by atoms with E-state index in [0.717, 1.165) is 13.0 Å². The number of carbonyl (C=O) groups is 1. The number of hydrogen-bond donors (Lipinski definition) is 1. The van der Waals surface area contributed by atoms with Gasteiger partial charge in [0.1, 0.15) is 0 Å². The molecule has 0 amide bonds. The lowest BCUT2D eigenvalue weighted by Crippen LogP contribution is -2.20. The van der Waals surface area contributed by atoms with Gasteiger partial charge in [-0.2, -0.15) is 0 Å². The minimum absolute atomic E-state index is 0.177. The third kappa shape index (κ3) is 1.27. The monoisotopic (exact) mass is 203 g/mol. The number of rotatable bonds is 1. The Bertz CT molecular complexity index is 416. The van der Waals surface area contributed by atoms with E-state index < -0.39 is 5.97 Å². The van der Waals surface area contributed by atoms with E-state index in [1.165, 1.54) is 11.1 Å². The Hall–Kier alpha value is -1.35. The van der Waals surface area contributed by atoms with Gasteiger partial charge in [0.05, 0.1) is 5.92 Å². The number of nitrogens with zero attached hydrogens (tertiary/aromatic N) is 1. The fraction of sp³-hybridized carbons (Fsp3) is 0.417. The second-order valence-electron chi connectivity index (χ2n) is 4.41. The van der Waals surface area contributed by atoms with Crippen molar-refractivity contribution < 1.29 is 9.90 Å². The van der Waals surface area contributed by atoms with Crippen molar-refractivity contribution in [3.63, 3.8) is 0 Å². The fourth-order valence-electron chi connectivity index (χ4n) is 2.80. The lowest BCUT2D eigenvalue weighted by molar-refractivity contribution is -0.141. The molecule has 2 aliphatic heterocycles. The van der Waals surface area contributed by atoms with Gasteiger partial charge in [0.25, 0.3) is 0 Å². The topological polar surface area (TPSA) is 40.5 Å². The smallest absolute Gasteiger partial charge is 0.307 e. The normalized spacial score (nSPS) is 28.8. The van der Waals surface area contributed by atoms with E-state index in [-0.39, 0.29) is 5.92 Å². The maximum absolute atomic E-state index is 10.9. The highest BCUT2D eigenvalue weighted by Crippen LogP contribution is 2.43. The first-order chi connectivity index (χ1) is 7.25. The molecule has 15 heavy (non-hydrogen) atoms. The predicted molar refractivity (Wildman–Crippen MR) is 55.3 cm³/mol. The average Bonchev–Trinajstić information content (AvgIpc) is 2.73. The van der Waals surface area contributed by atoms with Crippen molar-refractivity contribution in [1.82, 2.24) is 4.90 Å². The molecule has 1 saturated heterocycles. The van der Waals surface area contributed by atoms with E-state index in [9.17, 15) is 4.79 Å². The third-order valence-electron chi connectivity index (χ3n) is 3.54. The minimum Gasteiger partial charge on any atom is -0.481 e. The third-order valence-corrected chi connectivity index (χ3v) is 3.54. The van der Waals surface area contributed by atoms with Crippen LogP contribution in [0.5, 0.6) is 0 Å². The quantitative estimate of drug-likeness (QED) is 0.754. The van der Waals surface area contributed by atoms with E-state index in [1.54, 1.807) is 0 Å². The summed E-state index contributed by atoms with van der Waals surface area (Å²) in [4.78, 5) is 13.2. The Labute approximate surface area is 88.3 Å². The van der Waals surface area contributed by atoms with E-state index in [0.29, 0.717) is 12.6 Å². The summed E-state index contributed by atoms with van der Waals surface area (Å²) in [5.74, 6) is -0.828. The highest BCUT2D eigenvalue weighted by Gasteiger charge is 2.41. The van der Waals surface area contributed by atoms with Crippen LogP contribution in [0.25, 0.3) is 0 Å². The molecule has 0 aliphatic carbocycles. The number of benzene rings is 1. The first kappa shape index (κ1) is 8.92. The van der Waals surface area contributed by atoms with Crippen LogP contribution in [0.15, 0.2) is 24.3 Å². The molecular weight excluding hydrogens is 190 g/mol. The molecule has 0 radical (unpaired) electrons. The van der Waals surface area contributed by atoms with Gasteiger partial charge in [-0.15, -0.1) is 0 Å². The molecule has 1 aromatic rings. The summed E-state index contributed by atoms with van der Waals surface area (Å²) in [6.45, 7) is 1.62. The molecule has 1 fully saturated rings. The van der Waals surface area contributed by atoms with Crippen LogP contribution in [0.3, 0.4) is 0 Å². The molecule has 2 unspecified atom stereocenters. The molecule has 78 valence electrons. The minimum atomic E-state index is -0.651. The van der Waals surface area contributed by atoms with E-state index >= 15 is 0 Å². The molecule has 3 rings (SSSR count). The van der Waals surface area contributed by atoms with Crippen molar-refractivity contribution in [1.29, 1.82) is 0 Å². The molecule has 3 nitrogen and oxygen atoms in total. The summed E-state index contributed by atoms with van der Waals surface area (Å²) in [5, 5.41) is 8.99. The maximum Gasteiger partial charge on any atom is 0.307 e. The second kappa shape index (κ2) is 3.07. The summed E-state index contributed by atoms with van der Waals surface area (Å²) >= 11 is 0. The number of carboxylic acids is 1. The van der Waals surface area contributed by atoms with Crippen molar-refractivity contribution in [2.75, 3.05) is 6.54 Å². The van der Waals surface area contributed by atoms with Crippen LogP contribution in [0.4, 0.5) is 0 Å². The van der Waals surface area contributed by atoms with Gasteiger partial charge < -0.3 is 5.11 Å². The van der Waals surface area contributed by atoms with Crippen LogP contribution >= 0.6 is 0 Å². The van der Waals surface area contributed by atoms with Gasteiger partial charge in [-0.1, -0.05) is 24.3 Å². The first-order valence-corrected chi connectivity index (χ1v) is 5.30. The molecule has 2 aliphatic rings. The highest BCUT2D eigenvalue weighted by molar-refractivity contribution is 5.71. The van der Waals surface area contributed by atoms with Crippen molar-refractivity contribution in [3.8, 4) is 0 Å². The van der Waals surface area contributed by atoms with Crippen LogP contribution < -0.4 is 0 Å². The van der Waals surface area contributed by atoms with E-state index in [2.05, 4.69) is 23.1 Å². The second-order valence-corrected chi connectivity index (χ2v) is 4.41. The SMILES string of the molecule is O=C(O)C1CC2c3ccccc3CN2C1. The Kier molecular flexibility index (Phi) is 1.83. The summed E-state index contributed by atoms with van der Waals surface area (Å²) in [7, 11) is 0. The van der Waals surface area contributed by atoms with Gasteiger partial charge in [-0.05, 0) is 17.5 Å². The average molecular weight is 203 g/mol. The molecule has 1 N–H and O–H groups in total. The molecule has 3 heteroatoms. The Balaban J connectivity index is 1.91. The van der Waals surface area contributed by atoms with Crippen LogP contribution in [-0.4, -0.2) is 22.5 Å². The van der Waals surface area contributed by atoms with Crippen LogP contribution in [0, 0.1) is 5.92 Å². The Morgan fingerprint density at radius 1 is 1.40 bits per heavy atom. The maximum atomic E-state index is 10.9. The zero-order chi connectivity index (χ0) is 10.4. The molecule has 2 atom stereocenters. The molecule has 2 heterocycles. The number of carboxylic acid groups (broad SMARTS) is 1. The lowest BCUT2D eigenvalue weighted by atomic mass is 9.98. The molecule has 1 aromatic carbocycles. The molecule has 0 spiro atoms. The van der Waals surface area contributed by atoms with Crippen molar-refractivity contribution in [3.05, 3.63) is 35.4 Å². The molecule has 0 saturated carbocycles. The Morgan fingerprint density at radius 2 is 2.20 bits per heavy atom. The molecular formula is C12H13NO2. The van der Waals surface area contributed by atoms with Gasteiger partial charge >= 0.3 is 5.97 Å². The zero-order valence-corrected chi connectivity index (χ0v) is 8.39. The van der Waals surface area contributed by atoms with E-state index in [4.69, 9.17) is 5.11 Å². The number of fused-ring (bicyclic) bond motifs is 3. The van der Waals surface area contributed by atoms with Gasteiger partial charge in [-0.3, -0.25) is 9.69 Å². The summed E-state index contributed by atoms with van der Waals surface area (Å²) in [5.41, 5.74) is 2.70. The standard InChI is InChI=1S/C12H13NO2/c14-12(15)9-5-11-10-4-2-1-3-8(10)6-13(11)7-9/h1-4,9,11H,5-7H2,(H,14,15). The summed E-state index contributed by atoms with van der Waals surface area (Å²) in [6.07, 6.45) is 0.770. The summed E-state index contributed by atoms with van der Waals surface area (Å²) in [6, 6.07) is 8.71. The van der Waals surface area contributed by atoms with E-state index in [1.807, 2.05) is 6.07 Å². The van der Waals surface area contributed by atoms with Gasteiger partial charge in [0, 0.05) is 19.1 Å². The van der Waals surface area contributed by atoms with Crippen LogP contribution in [0.1, 0.15) is 23.6 Å². The largest absolute Gasteiger partial charge is 0.481 e. The van der Waals surface area contributed by atoms with Crippen LogP contribution in [-0.2, 0) is 11.3 Å². The predicted octanol–water partition coefficient (Wildman–Crippen LogP) is 1.65. The van der Waals surface area contributed by atoms with Gasteiger partial charge in [0.15, 0.2) is 0 Å². The van der Waals surface area contributed by atoms with Gasteiger partial charge in [-0.25, -0.2) is 0 Å². The number of aliphatic carboxylic acids is 1. The summed E-state index contributed by atoms with van der Waals surface area (Å²) < 4.78 is 0.